The van der Waals surface area contributed by atoms with Crippen molar-refractivity contribution in [2.75, 3.05) is 7.05 Å². The molecular weight excluding hydrogens is 255 g/mol. The van der Waals surface area contributed by atoms with E-state index < -0.39 is 0 Å². The number of H-pyrrole nitrogens is 1. The second kappa shape index (κ2) is 5.13. The van der Waals surface area contributed by atoms with E-state index in [1.165, 1.54) is 5.56 Å². The molecule has 17 heavy (non-hydrogen) atoms. The standard InChI is InChI=1S/C13H14Cl2N2/c1-8-9(7-16-2)5-13(17-8)11-4-3-10(14)6-12(11)15/h3-6,16-17H,7H2,1-2H3. The number of hydrogen-bond donors (Lipinski definition) is 2. The van der Waals surface area contributed by atoms with Crippen LogP contribution in [-0.2, 0) is 6.54 Å². The van der Waals surface area contributed by atoms with Gasteiger partial charge in [0.05, 0.1) is 5.02 Å². The summed E-state index contributed by atoms with van der Waals surface area (Å²) >= 11 is 12.1. The quantitative estimate of drug-likeness (QED) is 0.865. The minimum absolute atomic E-state index is 0.650. The first kappa shape index (κ1) is 12.5. The Kier molecular flexibility index (Phi) is 3.77. The number of aryl methyl sites for hydroxylation is 1. The predicted molar refractivity (Wildman–Crippen MR) is 73.7 cm³/mol. The van der Waals surface area contributed by atoms with Gasteiger partial charge in [-0.25, -0.2) is 0 Å². The van der Waals surface area contributed by atoms with Crippen molar-refractivity contribution in [1.82, 2.24) is 10.3 Å². The summed E-state index contributed by atoms with van der Waals surface area (Å²) in [5, 5.41) is 4.45. The van der Waals surface area contributed by atoms with Crippen molar-refractivity contribution in [3.8, 4) is 11.3 Å². The molecule has 0 spiro atoms. The molecule has 1 heterocycles. The molecule has 0 aliphatic carbocycles. The molecule has 0 fully saturated rings. The molecule has 0 radical (unpaired) electrons. The van der Waals surface area contributed by atoms with Crippen LogP contribution in [0.1, 0.15) is 11.3 Å². The van der Waals surface area contributed by atoms with Crippen molar-refractivity contribution in [2.24, 2.45) is 0 Å². The average molecular weight is 269 g/mol. The molecule has 1 aromatic heterocycles. The number of aromatic amines is 1. The molecule has 4 heteroatoms. The molecule has 0 aliphatic heterocycles. The highest BCUT2D eigenvalue weighted by molar-refractivity contribution is 6.36. The number of rotatable bonds is 3. The molecule has 0 bridgehead atoms. The van der Waals surface area contributed by atoms with Crippen molar-refractivity contribution in [2.45, 2.75) is 13.5 Å². The highest BCUT2D eigenvalue weighted by Gasteiger charge is 2.09. The van der Waals surface area contributed by atoms with Crippen LogP contribution in [0.5, 0.6) is 0 Å². The van der Waals surface area contributed by atoms with Gasteiger partial charge in [-0.2, -0.15) is 0 Å². The van der Waals surface area contributed by atoms with E-state index in [9.17, 15) is 0 Å². The lowest BCUT2D eigenvalue weighted by Gasteiger charge is -2.01. The molecule has 0 saturated heterocycles. The van der Waals surface area contributed by atoms with Gasteiger partial charge < -0.3 is 10.3 Å². The van der Waals surface area contributed by atoms with Gasteiger partial charge in [-0.15, -0.1) is 0 Å². The Morgan fingerprint density at radius 1 is 1.24 bits per heavy atom. The number of aromatic nitrogens is 1. The zero-order valence-electron chi connectivity index (χ0n) is 9.77. The number of halogens is 2. The van der Waals surface area contributed by atoms with E-state index in [2.05, 4.69) is 23.3 Å². The van der Waals surface area contributed by atoms with Crippen LogP contribution in [-0.4, -0.2) is 12.0 Å². The van der Waals surface area contributed by atoms with Gasteiger partial charge >= 0.3 is 0 Å². The minimum Gasteiger partial charge on any atom is -0.358 e. The second-order valence-corrected chi connectivity index (χ2v) is 4.83. The van der Waals surface area contributed by atoms with Gasteiger partial charge in [-0.3, -0.25) is 0 Å². The van der Waals surface area contributed by atoms with Crippen molar-refractivity contribution in [1.29, 1.82) is 0 Å². The molecule has 1 aromatic carbocycles. The van der Waals surface area contributed by atoms with Crippen LogP contribution >= 0.6 is 23.2 Å². The van der Waals surface area contributed by atoms with Crippen LogP contribution in [0.3, 0.4) is 0 Å². The Morgan fingerprint density at radius 2 is 2.00 bits per heavy atom. The summed E-state index contributed by atoms with van der Waals surface area (Å²) in [7, 11) is 1.93. The lowest BCUT2D eigenvalue weighted by atomic mass is 10.1. The fourth-order valence-corrected chi connectivity index (χ4v) is 2.34. The molecule has 0 atom stereocenters. The minimum atomic E-state index is 0.650. The van der Waals surface area contributed by atoms with E-state index >= 15 is 0 Å². The van der Waals surface area contributed by atoms with Crippen LogP contribution in [0.4, 0.5) is 0 Å². The molecular formula is C13H14Cl2N2. The number of nitrogens with one attached hydrogen (secondary N) is 2. The summed E-state index contributed by atoms with van der Waals surface area (Å²) in [4.78, 5) is 3.34. The summed E-state index contributed by atoms with van der Waals surface area (Å²) in [5.41, 5.74) is 4.39. The zero-order valence-corrected chi connectivity index (χ0v) is 11.3. The van der Waals surface area contributed by atoms with Gasteiger partial charge in [-0.05, 0) is 43.8 Å². The Labute approximate surface area is 111 Å². The third-order valence-corrected chi connectivity index (χ3v) is 3.26. The lowest BCUT2D eigenvalue weighted by molar-refractivity contribution is 0.812. The molecule has 2 N–H and O–H groups in total. The molecule has 2 rings (SSSR count). The molecule has 90 valence electrons. The largest absolute Gasteiger partial charge is 0.358 e. The number of hydrogen-bond acceptors (Lipinski definition) is 1. The van der Waals surface area contributed by atoms with Gasteiger partial charge in [0.25, 0.3) is 0 Å². The maximum Gasteiger partial charge on any atom is 0.0514 e. The predicted octanol–water partition coefficient (Wildman–Crippen LogP) is 4.02. The zero-order chi connectivity index (χ0) is 12.4. The third-order valence-electron chi connectivity index (χ3n) is 2.71. The Morgan fingerprint density at radius 3 is 2.65 bits per heavy atom. The summed E-state index contributed by atoms with van der Waals surface area (Å²) < 4.78 is 0. The fourth-order valence-electron chi connectivity index (χ4n) is 1.83. The summed E-state index contributed by atoms with van der Waals surface area (Å²) in [6.07, 6.45) is 0. The first-order valence-electron chi connectivity index (χ1n) is 5.40. The van der Waals surface area contributed by atoms with E-state index in [-0.39, 0.29) is 0 Å². The molecule has 2 nitrogen and oxygen atoms in total. The van der Waals surface area contributed by atoms with Crippen LogP contribution in [0.25, 0.3) is 11.3 Å². The van der Waals surface area contributed by atoms with Crippen LogP contribution < -0.4 is 5.32 Å². The van der Waals surface area contributed by atoms with Crippen LogP contribution in [0.15, 0.2) is 24.3 Å². The Balaban J connectivity index is 2.42. The Hall–Kier alpha value is -0.960. The van der Waals surface area contributed by atoms with E-state index in [0.29, 0.717) is 10.0 Å². The topological polar surface area (TPSA) is 27.8 Å². The van der Waals surface area contributed by atoms with E-state index in [4.69, 9.17) is 23.2 Å². The lowest BCUT2D eigenvalue weighted by Crippen LogP contribution is -2.04. The summed E-state index contributed by atoms with van der Waals surface area (Å²) in [5.74, 6) is 0. The highest BCUT2D eigenvalue weighted by atomic mass is 35.5. The highest BCUT2D eigenvalue weighted by Crippen LogP contribution is 2.30. The molecule has 0 unspecified atom stereocenters. The van der Waals surface area contributed by atoms with E-state index in [1.54, 1.807) is 6.07 Å². The smallest absolute Gasteiger partial charge is 0.0514 e. The van der Waals surface area contributed by atoms with Gasteiger partial charge in [0.1, 0.15) is 0 Å². The molecule has 0 aliphatic rings. The molecule has 2 aromatic rings. The first-order valence-corrected chi connectivity index (χ1v) is 6.16. The molecule has 0 saturated carbocycles. The SMILES string of the molecule is CNCc1cc(-c2ccc(Cl)cc2Cl)[nH]c1C. The maximum atomic E-state index is 6.18. The normalized spacial score (nSPS) is 10.8. The van der Waals surface area contributed by atoms with Crippen molar-refractivity contribution in [3.05, 3.63) is 45.6 Å². The van der Waals surface area contributed by atoms with E-state index in [0.717, 1.165) is 23.5 Å². The average Bonchev–Trinajstić information content (AvgIpc) is 2.60. The fraction of sp³-hybridized carbons (Fsp3) is 0.231. The van der Waals surface area contributed by atoms with Gasteiger partial charge in [0.15, 0.2) is 0 Å². The van der Waals surface area contributed by atoms with Gasteiger partial charge in [0.2, 0.25) is 0 Å². The summed E-state index contributed by atoms with van der Waals surface area (Å²) in [6.45, 7) is 2.90. The third kappa shape index (κ3) is 2.65. The van der Waals surface area contributed by atoms with E-state index in [1.807, 2.05) is 19.2 Å². The maximum absolute atomic E-state index is 6.18. The second-order valence-electron chi connectivity index (χ2n) is 3.99. The van der Waals surface area contributed by atoms with Crippen LogP contribution in [0.2, 0.25) is 10.0 Å². The van der Waals surface area contributed by atoms with Crippen molar-refractivity contribution in [3.63, 3.8) is 0 Å². The first-order chi connectivity index (χ1) is 8.11. The van der Waals surface area contributed by atoms with Crippen LogP contribution in [0, 0.1) is 6.92 Å². The molecule has 0 amide bonds. The van der Waals surface area contributed by atoms with Crippen molar-refractivity contribution >= 4 is 23.2 Å². The van der Waals surface area contributed by atoms with Gasteiger partial charge in [0, 0.05) is 28.5 Å². The van der Waals surface area contributed by atoms with Gasteiger partial charge in [-0.1, -0.05) is 23.2 Å². The summed E-state index contributed by atoms with van der Waals surface area (Å²) in [6, 6.07) is 7.64. The van der Waals surface area contributed by atoms with Crippen molar-refractivity contribution < 1.29 is 0 Å². The monoisotopic (exact) mass is 268 g/mol. The Bertz CT molecular complexity index is 532. The number of benzene rings is 1.